The zero-order chi connectivity index (χ0) is 16.8. The van der Waals surface area contributed by atoms with Crippen LogP contribution in [0.1, 0.15) is 52.4 Å². The SMILES string of the molecule is CCCCC1CC1C=CC=CC=CCC#CC=CC(CC)OP. The predicted molar refractivity (Wildman–Crippen MR) is 105 cm³/mol. The molecule has 1 saturated carbocycles. The van der Waals surface area contributed by atoms with E-state index in [2.05, 4.69) is 71.6 Å². The molecule has 4 atom stereocenters. The minimum atomic E-state index is 0.146. The highest BCUT2D eigenvalue weighted by atomic mass is 31.0. The van der Waals surface area contributed by atoms with Crippen molar-refractivity contribution in [3.8, 4) is 11.8 Å². The Labute approximate surface area is 145 Å². The Kier molecular flexibility index (Phi) is 11.6. The van der Waals surface area contributed by atoms with Gasteiger partial charge in [0.2, 0.25) is 0 Å². The number of unbranched alkanes of at least 4 members (excludes halogenated alkanes) is 1. The summed E-state index contributed by atoms with van der Waals surface area (Å²) in [5, 5.41) is 0. The normalized spacial score (nSPS) is 22.2. The van der Waals surface area contributed by atoms with E-state index >= 15 is 0 Å². The molecule has 0 bridgehead atoms. The van der Waals surface area contributed by atoms with Crippen LogP contribution in [0.15, 0.2) is 48.6 Å². The summed E-state index contributed by atoms with van der Waals surface area (Å²) in [5.74, 6) is 7.92. The third-order valence-corrected chi connectivity index (χ3v) is 4.38. The van der Waals surface area contributed by atoms with Gasteiger partial charge < -0.3 is 4.52 Å². The second-order valence-corrected chi connectivity index (χ2v) is 6.24. The molecule has 0 radical (unpaired) electrons. The summed E-state index contributed by atoms with van der Waals surface area (Å²) in [6.07, 6.45) is 24.1. The molecule has 1 aliphatic carbocycles. The van der Waals surface area contributed by atoms with Gasteiger partial charge in [0.05, 0.1) is 6.10 Å². The van der Waals surface area contributed by atoms with Crippen LogP contribution in [-0.4, -0.2) is 6.10 Å². The van der Waals surface area contributed by atoms with E-state index < -0.39 is 0 Å². The van der Waals surface area contributed by atoms with Crippen LogP contribution in [-0.2, 0) is 4.52 Å². The summed E-state index contributed by atoms with van der Waals surface area (Å²) in [5.41, 5.74) is 0. The molecule has 1 fully saturated rings. The minimum absolute atomic E-state index is 0.146. The first-order chi connectivity index (χ1) is 11.3. The van der Waals surface area contributed by atoms with Crippen molar-refractivity contribution in [3.63, 3.8) is 0 Å². The molecule has 0 aromatic rings. The summed E-state index contributed by atoms with van der Waals surface area (Å²) >= 11 is 0. The Bertz CT molecular complexity index is 472. The number of hydrogen-bond acceptors (Lipinski definition) is 1. The zero-order valence-corrected chi connectivity index (χ0v) is 15.7. The maximum absolute atomic E-state index is 5.16. The Morgan fingerprint density at radius 3 is 2.78 bits per heavy atom. The predicted octanol–water partition coefficient (Wildman–Crippen LogP) is 6.02. The summed E-state index contributed by atoms with van der Waals surface area (Å²) in [7, 11) is 2.29. The minimum Gasteiger partial charge on any atom is -0.358 e. The number of allylic oxidation sites excluding steroid dienone is 7. The first-order valence-electron chi connectivity index (χ1n) is 8.82. The quantitative estimate of drug-likeness (QED) is 0.270. The van der Waals surface area contributed by atoms with E-state index in [4.69, 9.17) is 4.52 Å². The molecular formula is C21H31OP. The summed E-state index contributed by atoms with van der Waals surface area (Å²) in [6.45, 7) is 4.36. The van der Waals surface area contributed by atoms with Crippen LogP contribution in [0.3, 0.4) is 0 Å². The van der Waals surface area contributed by atoms with E-state index in [0.717, 1.165) is 24.7 Å². The lowest BCUT2D eigenvalue weighted by atomic mass is 10.1. The van der Waals surface area contributed by atoms with Crippen LogP contribution < -0.4 is 0 Å². The largest absolute Gasteiger partial charge is 0.358 e. The van der Waals surface area contributed by atoms with Crippen molar-refractivity contribution in [1.29, 1.82) is 0 Å². The Morgan fingerprint density at radius 1 is 1.22 bits per heavy atom. The molecule has 2 heteroatoms. The monoisotopic (exact) mass is 330 g/mol. The molecular weight excluding hydrogens is 299 g/mol. The fraction of sp³-hybridized carbons (Fsp3) is 0.524. The van der Waals surface area contributed by atoms with Crippen LogP contribution >= 0.6 is 9.47 Å². The van der Waals surface area contributed by atoms with Crippen molar-refractivity contribution >= 4 is 9.47 Å². The molecule has 4 unspecified atom stereocenters. The molecule has 1 nitrogen and oxygen atoms in total. The molecule has 0 amide bonds. The van der Waals surface area contributed by atoms with E-state index in [1.807, 2.05) is 12.2 Å². The van der Waals surface area contributed by atoms with Gasteiger partial charge >= 0.3 is 0 Å². The molecule has 1 aliphatic rings. The zero-order valence-electron chi connectivity index (χ0n) is 14.6. The molecule has 0 spiro atoms. The van der Waals surface area contributed by atoms with Gasteiger partial charge in [-0.2, -0.15) is 0 Å². The van der Waals surface area contributed by atoms with Gasteiger partial charge in [-0.15, -0.1) is 0 Å². The van der Waals surface area contributed by atoms with Crippen LogP contribution in [0, 0.1) is 23.7 Å². The van der Waals surface area contributed by atoms with Crippen molar-refractivity contribution < 1.29 is 4.52 Å². The van der Waals surface area contributed by atoms with Crippen molar-refractivity contribution in [2.24, 2.45) is 11.8 Å². The van der Waals surface area contributed by atoms with E-state index in [1.54, 1.807) is 0 Å². The van der Waals surface area contributed by atoms with Crippen molar-refractivity contribution in [1.82, 2.24) is 0 Å². The van der Waals surface area contributed by atoms with E-state index in [-0.39, 0.29) is 6.10 Å². The molecule has 0 heterocycles. The molecule has 0 aromatic carbocycles. The van der Waals surface area contributed by atoms with Crippen LogP contribution in [0.2, 0.25) is 0 Å². The molecule has 0 aromatic heterocycles. The topological polar surface area (TPSA) is 9.23 Å². The third kappa shape index (κ3) is 10.3. The molecule has 126 valence electrons. The third-order valence-electron chi connectivity index (χ3n) is 4.03. The Balaban J connectivity index is 2.10. The Morgan fingerprint density at radius 2 is 2.04 bits per heavy atom. The van der Waals surface area contributed by atoms with Crippen LogP contribution in [0.25, 0.3) is 0 Å². The highest BCUT2D eigenvalue weighted by Gasteiger charge is 2.33. The summed E-state index contributed by atoms with van der Waals surface area (Å²) < 4.78 is 5.16. The van der Waals surface area contributed by atoms with Gasteiger partial charge in [0, 0.05) is 15.9 Å². The molecule has 0 saturated heterocycles. The van der Waals surface area contributed by atoms with Crippen molar-refractivity contribution in [3.05, 3.63) is 48.6 Å². The van der Waals surface area contributed by atoms with Gasteiger partial charge in [-0.05, 0) is 43.3 Å². The van der Waals surface area contributed by atoms with Crippen molar-refractivity contribution in [2.45, 2.75) is 58.5 Å². The smallest absolute Gasteiger partial charge is 0.0798 e. The highest BCUT2D eigenvalue weighted by molar-refractivity contribution is 7.09. The van der Waals surface area contributed by atoms with Gasteiger partial charge in [0.15, 0.2) is 0 Å². The fourth-order valence-corrected chi connectivity index (χ4v) is 2.68. The molecule has 23 heavy (non-hydrogen) atoms. The van der Waals surface area contributed by atoms with E-state index in [9.17, 15) is 0 Å². The second-order valence-electron chi connectivity index (χ2n) is 5.97. The lowest BCUT2D eigenvalue weighted by Gasteiger charge is -2.04. The average molecular weight is 330 g/mol. The average Bonchev–Trinajstić information content (AvgIpc) is 3.32. The number of hydrogen-bond donors (Lipinski definition) is 0. The number of rotatable bonds is 10. The summed E-state index contributed by atoms with van der Waals surface area (Å²) in [6, 6.07) is 0. The highest BCUT2D eigenvalue weighted by Crippen LogP contribution is 2.43. The first-order valence-corrected chi connectivity index (χ1v) is 9.29. The van der Waals surface area contributed by atoms with Gasteiger partial charge in [0.25, 0.3) is 0 Å². The van der Waals surface area contributed by atoms with Gasteiger partial charge in [0.1, 0.15) is 0 Å². The molecule has 0 N–H and O–H groups in total. The van der Waals surface area contributed by atoms with Crippen LogP contribution in [0.5, 0.6) is 0 Å². The van der Waals surface area contributed by atoms with Gasteiger partial charge in [-0.25, -0.2) is 0 Å². The molecule has 0 aliphatic heterocycles. The maximum atomic E-state index is 5.16. The second kappa shape index (κ2) is 13.4. The maximum Gasteiger partial charge on any atom is 0.0798 e. The lowest BCUT2D eigenvalue weighted by Crippen LogP contribution is -1.99. The summed E-state index contributed by atoms with van der Waals surface area (Å²) in [4.78, 5) is 0. The Hall–Kier alpha value is -1.09. The molecule has 1 rings (SSSR count). The van der Waals surface area contributed by atoms with Gasteiger partial charge in [-0.1, -0.05) is 75.0 Å². The van der Waals surface area contributed by atoms with Crippen LogP contribution in [0.4, 0.5) is 0 Å². The van der Waals surface area contributed by atoms with Crippen molar-refractivity contribution in [2.75, 3.05) is 0 Å². The van der Waals surface area contributed by atoms with E-state index in [0.29, 0.717) is 0 Å². The van der Waals surface area contributed by atoms with E-state index in [1.165, 1.54) is 25.7 Å². The standard InChI is InChI=1S/C21H31OP/c1-3-5-15-19-18-20(19)16-13-11-9-7-6-8-10-12-14-17-21(4-2)22-23/h6-7,9,11,13-14,16-17,19-21H,3-5,8,15,18,23H2,1-2H3. The lowest BCUT2D eigenvalue weighted by molar-refractivity contribution is 0.289. The van der Waals surface area contributed by atoms with Gasteiger partial charge in [-0.3, -0.25) is 0 Å². The fourth-order valence-electron chi connectivity index (χ4n) is 2.40. The first kappa shape index (κ1) is 20.0.